The van der Waals surface area contributed by atoms with Crippen LogP contribution in [0.2, 0.25) is 0 Å². The van der Waals surface area contributed by atoms with Gasteiger partial charge in [-0.05, 0) is 43.6 Å². The summed E-state index contributed by atoms with van der Waals surface area (Å²) in [6, 6.07) is 0.359. The standard InChI is InChI=1S/C15H28N2O.ClH/c1-15(2)9-4-3-8-13(15)17-14(18)12-7-5-6-11(12)10-16;/h11-13H,3-10,16H2,1-2H3,(H,17,18);1H/t11-,12-,13?;/m1./s1. The molecule has 3 atom stereocenters. The van der Waals surface area contributed by atoms with Crippen LogP contribution in [0, 0.1) is 17.3 Å². The van der Waals surface area contributed by atoms with Gasteiger partial charge in [-0.2, -0.15) is 0 Å². The molecule has 1 amide bonds. The van der Waals surface area contributed by atoms with Crippen molar-refractivity contribution in [2.45, 2.75) is 64.8 Å². The molecule has 0 aromatic rings. The second-order valence-electron chi connectivity index (χ2n) is 6.83. The van der Waals surface area contributed by atoms with Crippen molar-refractivity contribution in [3.63, 3.8) is 0 Å². The molecular weight excluding hydrogens is 260 g/mol. The minimum atomic E-state index is 0. The maximum atomic E-state index is 12.4. The predicted octanol–water partition coefficient (Wildman–Crippen LogP) is 2.87. The molecule has 0 bridgehead atoms. The van der Waals surface area contributed by atoms with Crippen LogP contribution < -0.4 is 11.1 Å². The van der Waals surface area contributed by atoms with Gasteiger partial charge in [0.25, 0.3) is 0 Å². The molecule has 1 unspecified atom stereocenters. The summed E-state index contributed by atoms with van der Waals surface area (Å²) in [5, 5.41) is 3.32. The van der Waals surface area contributed by atoms with E-state index in [0.29, 0.717) is 18.5 Å². The normalized spacial score (nSPS) is 33.5. The molecule has 0 aromatic carbocycles. The third kappa shape index (κ3) is 3.85. The second kappa shape index (κ2) is 6.94. The number of nitrogens with one attached hydrogen (secondary N) is 1. The first-order valence-corrected chi connectivity index (χ1v) is 7.55. The van der Waals surface area contributed by atoms with E-state index in [1.807, 2.05) is 0 Å². The van der Waals surface area contributed by atoms with Crippen molar-refractivity contribution >= 4 is 18.3 Å². The topological polar surface area (TPSA) is 55.1 Å². The van der Waals surface area contributed by atoms with E-state index < -0.39 is 0 Å². The van der Waals surface area contributed by atoms with Crippen LogP contribution in [0.3, 0.4) is 0 Å². The summed E-state index contributed by atoms with van der Waals surface area (Å²) < 4.78 is 0. The van der Waals surface area contributed by atoms with E-state index in [0.717, 1.165) is 25.7 Å². The van der Waals surface area contributed by atoms with E-state index in [4.69, 9.17) is 5.73 Å². The number of hydrogen-bond donors (Lipinski definition) is 2. The zero-order valence-electron chi connectivity index (χ0n) is 12.3. The number of amides is 1. The molecule has 2 aliphatic rings. The monoisotopic (exact) mass is 288 g/mol. The van der Waals surface area contributed by atoms with Crippen LogP contribution in [-0.2, 0) is 4.79 Å². The first-order valence-electron chi connectivity index (χ1n) is 7.55. The molecule has 2 rings (SSSR count). The van der Waals surface area contributed by atoms with Crippen molar-refractivity contribution in [3.05, 3.63) is 0 Å². The summed E-state index contributed by atoms with van der Waals surface area (Å²) in [7, 11) is 0. The number of hydrogen-bond acceptors (Lipinski definition) is 2. The summed E-state index contributed by atoms with van der Waals surface area (Å²) in [6.45, 7) is 5.23. The fourth-order valence-corrected chi connectivity index (χ4v) is 3.70. The van der Waals surface area contributed by atoms with E-state index in [-0.39, 0.29) is 29.6 Å². The summed E-state index contributed by atoms with van der Waals surface area (Å²) in [6.07, 6.45) is 8.23. The van der Waals surface area contributed by atoms with Crippen LogP contribution in [0.25, 0.3) is 0 Å². The fraction of sp³-hybridized carbons (Fsp3) is 0.933. The molecule has 2 aliphatic carbocycles. The minimum Gasteiger partial charge on any atom is -0.353 e. The predicted molar refractivity (Wildman–Crippen MR) is 81.3 cm³/mol. The van der Waals surface area contributed by atoms with Crippen LogP contribution in [0.1, 0.15) is 58.8 Å². The van der Waals surface area contributed by atoms with Gasteiger partial charge < -0.3 is 11.1 Å². The van der Waals surface area contributed by atoms with E-state index in [2.05, 4.69) is 19.2 Å². The molecule has 112 valence electrons. The SMILES string of the molecule is CC1(C)CCCCC1NC(=O)[C@@H]1CCC[C@@H]1CN.Cl. The zero-order valence-corrected chi connectivity index (χ0v) is 13.1. The molecule has 2 saturated carbocycles. The first kappa shape index (κ1) is 16.8. The highest BCUT2D eigenvalue weighted by Crippen LogP contribution is 2.37. The molecule has 2 fully saturated rings. The van der Waals surface area contributed by atoms with Gasteiger partial charge in [0.05, 0.1) is 0 Å². The van der Waals surface area contributed by atoms with Crippen LogP contribution >= 0.6 is 12.4 Å². The van der Waals surface area contributed by atoms with Gasteiger partial charge in [0.15, 0.2) is 0 Å². The van der Waals surface area contributed by atoms with E-state index in [1.165, 1.54) is 19.3 Å². The van der Waals surface area contributed by atoms with Gasteiger partial charge in [-0.1, -0.05) is 33.1 Å². The minimum absolute atomic E-state index is 0. The van der Waals surface area contributed by atoms with Gasteiger partial charge in [0.2, 0.25) is 5.91 Å². The number of nitrogens with two attached hydrogens (primary N) is 1. The molecule has 0 heterocycles. The molecule has 0 aromatic heterocycles. The van der Waals surface area contributed by atoms with Gasteiger partial charge in [0, 0.05) is 12.0 Å². The van der Waals surface area contributed by atoms with Crippen molar-refractivity contribution in [2.24, 2.45) is 23.0 Å². The Morgan fingerprint density at radius 3 is 2.58 bits per heavy atom. The van der Waals surface area contributed by atoms with E-state index in [1.54, 1.807) is 0 Å². The molecular formula is C15H29ClN2O. The Hall–Kier alpha value is -0.280. The average Bonchev–Trinajstić information content (AvgIpc) is 2.79. The van der Waals surface area contributed by atoms with Crippen LogP contribution in [0.15, 0.2) is 0 Å². The van der Waals surface area contributed by atoms with Crippen LogP contribution in [0.4, 0.5) is 0 Å². The Morgan fingerprint density at radius 2 is 1.95 bits per heavy atom. The molecule has 3 N–H and O–H groups in total. The lowest BCUT2D eigenvalue weighted by Crippen LogP contribution is -2.49. The van der Waals surface area contributed by atoms with Crippen LogP contribution in [0.5, 0.6) is 0 Å². The molecule has 3 nitrogen and oxygen atoms in total. The van der Waals surface area contributed by atoms with Gasteiger partial charge >= 0.3 is 0 Å². The molecule has 0 saturated heterocycles. The summed E-state index contributed by atoms with van der Waals surface area (Å²) in [5.41, 5.74) is 6.02. The molecule has 0 aliphatic heterocycles. The largest absolute Gasteiger partial charge is 0.353 e. The van der Waals surface area contributed by atoms with Gasteiger partial charge in [-0.3, -0.25) is 4.79 Å². The van der Waals surface area contributed by atoms with Gasteiger partial charge in [-0.15, -0.1) is 12.4 Å². The Morgan fingerprint density at radius 1 is 1.21 bits per heavy atom. The molecule has 4 heteroatoms. The maximum absolute atomic E-state index is 12.4. The number of carbonyl (C=O) groups is 1. The molecule has 0 spiro atoms. The lowest BCUT2D eigenvalue weighted by atomic mass is 9.73. The van der Waals surface area contributed by atoms with Crippen molar-refractivity contribution < 1.29 is 4.79 Å². The van der Waals surface area contributed by atoms with Crippen molar-refractivity contribution in [1.29, 1.82) is 0 Å². The zero-order chi connectivity index (χ0) is 13.2. The Labute approximate surface area is 123 Å². The Balaban J connectivity index is 0.00000180. The average molecular weight is 289 g/mol. The summed E-state index contributed by atoms with van der Waals surface area (Å²) >= 11 is 0. The molecule has 19 heavy (non-hydrogen) atoms. The first-order chi connectivity index (χ1) is 8.54. The van der Waals surface area contributed by atoms with Crippen LogP contribution in [-0.4, -0.2) is 18.5 Å². The van der Waals surface area contributed by atoms with Crippen molar-refractivity contribution in [2.75, 3.05) is 6.54 Å². The lowest BCUT2D eigenvalue weighted by Gasteiger charge is -2.39. The number of halogens is 1. The summed E-state index contributed by atoms with van der Waals surface area (Å²) in [4.78, 5) is 12.4. The second-order valence-corrected chi connectivity index (χ2v) is 6.83. The third-order valence-corrected chi connectivity index (χ3v) is 5.12. The highest BCUT2D eigenvalue weighted by molar-refractivity contribution is 5.85. The van der Waals surface area contributed by atoms with E-state index in [9.17, 15) is 4.79 Å². The van der Waals surface area contributed by atoms with Gasteiger partial charge in [-0.25, -0.2) is 0 Å². The highest BCUT2D eigenvalue weighted by atomic mass is 35.5. The third-order valence-electron chi connectivity index (χ3n) is 5.12. The lowest BCUT2D eigenvalue weighted by molar-refractivity contribution is -0.127. The smallest absolute Gasteiger partial charge is 0.223 e. The molecule has 0 radical (unpaired) electrons. The maximum Gasteiger partial charge on any atom is 0.223 e. The van der Waals surface area contributed by atoms with Gasteiger partial charge in [0.1, 0.15) is 0 Å². The highest BCUT2D eigenvalue weighted by Gasteiger charge is 2.37. The Bertz CT molecular complexity index is 307. The quantitative estimate of drug-likeness (QED) is 0.839. The summed E-state index contributed by atoms with van der Waals surface area (Å²) in [5.74, 6) is 0.854. The van der Waals surface area contributed by atoms with E-state index >= 15 is 0 Å². The number of rotatable bonds is 3. The number of carbonyl (C=O) groups excluding carboxylic acids is 1. The van der Waals surface area contributed by atoms with Crippen molar-refractivity contribution in [1.82, 2.24) is 5.32 Å². The van der Waals surface area contributed by atoms with Crippen molar-refractivity contribution in [3.8, 4) is 0 Å². The fourth-order valence-electron chi connectivity index (χ4n) is 3.70. The Kier molecular flexibility index (Phi) is 6.13.